The molecule has 0 bridgehead atoms. The molecule has 0 aliphatic heterocycles. The highest BCUT2D eigenvalue weighted by molar-refractivity contribution is 5.84. The van der Waals surface area contributed by atoms with E-state index in [1.54, 1.807) is 0 Å². The van der Waals surface area contributed by atoms with Crippen LogP contribution in [0.3, 0.4) is 0 Å². The van der Waals surface area contributed by atoms with Crippen LogP contribution in [0.4, 0.5) is 0 Å². The summed E-state index contributed by atoms with van der Waals surface area (Å²) in [6.45, 7) is 7.66. The Hall–Kier alpha value is -1.35. The SMILES string of the molecule is CCN(CC)C(=O)C1(C(N)c2cccc(C)c2)CCC1. The number of amides is 1. The molecule has 1 aromatic rings. The molecule has 3 heteroatoms. The van der Waals surface area contributed by atoms with Gasteiger partial charge in [0.25, 0.3) is 0 Å². The van der Waals surface area contributed by atoms with Gasteiger partial charge < -0.3 is 10.6 Å². The van der Waals surface area contributed by atoms with Crippen molar-refractivity contribution >= 4 is 5.91 Å². The molecule has 3 nitrogen and oxygen atoms in total. The minimum absolute atomic E-state index is 0.191. The lowest BCUT2D eigenvalue weighted by Gasteiger charge is -2.47. The van der Waals surface area contributed by atoms with Crippen molar-refractivity contribution in [3.05, 3.63) is 35.4 Å². The third-order valence-corrected chi connectivity index (χ3v) is 4.72. The normalized spacial score (nSPS) is 18.2. The van der Waals surface area contributed by atoms with Crippen molar-refractivity contribution in [1.82, 2.24) is 4.90 Å². The highest BCUT2D eigenvalue weighted by Crippen LogP contribution is 2.50. The van der Waals surface area contributed by atoms with Gasteiger partial charge in [0.15, 0.2) is 0 Å². The minimum atomic E-state index is -0.375. The van der Waals surface area contributed by atoms with Crippen LogP contribution in [0.1, 0.15) is 50.3 Å². The van der Waals surface area contributed by atoms with Crippen molar-refractivity contribution in [2.75, 3.05) is 13.1 Å². The highest BCUT2D eigenvalue weighted by Gasteiger charge is 2.50. The minimum Gasteiger partial charge on any atom is -0.343 e. The molecule has 1 unspecified atom stereocenters. The van der Waals surface area contributed by atoms with Gasteiger partial charge in [0.05, 0.1) is 5.41 Å². The quantitative estimate of drug-likeness (QED) is 0.897. The molecule has 2 rings (SSSR count). The zero-order chi connectivity index (χ0) is 14.8. The van der Waals surface area contributed by atoms with E-state index in [2.05, 4.69) is 19.1 Å². The molecule has 1 aromatic carbocycles. The largest absolute Gasteiger partial charge is 0.343 e. The number of hydrogen-bond acceptors (Lipinski definition) is 2. The average Bonchev–Trinajstić information content (AvgIpc) is 2.38. The molecule has 2 N–H and O–H groups in total. The summed E-state index contributed by atoms with van der Waals surface area (Å²) in [4.78, 5) is 14.8. The summed E-state index contributed by atoms with van der Waals surface area (Å²) in [6, 6.07) is 8.06. The Morgan fingerprint density at radius 2 is 2.00 bits per heavy atom. The van der Waals surface area contributed by atoms with Crippen LogP contribution in [-0.4, -0.2) is 23.9 Å². The van der Waals surface area contributed by atoms with Crippen molar-refractivity contribution in [1.29, 1.82) is 0 Å². The first-order chi connectivity index (χ1) is 9.55. The summed E-state index contributed by atoms with van der Waals surface area (Å²) in [7, 11) is 0. The molecule has 0 heterocycles. The summed E-state index contributed by atoms with van der Waals surface area (Å²) in [5, 5.41) is 0. The fourth-order valence-corrected chi connectivity index (χ4v) is 3.22. The first-order valence-electron chi connectivity index (χ1n) is 7.66. The Kier molecular flexibility index (Phi) is 4.48. The fourth-order valence-electron chi connectivity index (χ4n) is 3.22. The molecule has 0 aromatic heterocycles. The van der Waals surface area contributed by atoms with Gasteiger partial charge in [-0.15, -0.1) is 0 Å². The Balaban J connectivity index is 2.29. The molecule has 1 atom stereocenters. The molecule has 20 heavy (non-hydrogen) atoms. The van der Waals surface area contributed by atoms with Crippen LogP contribution in [0.2, 0.25) is 0 Å². The number of carbonyl (C=O) groups is 1. The van der Waals surface area contributed by atoms with E-state index >= 15 is 0 Å². The molecule has 1 amide bonds. The monoisotopic (exact) mass is 274 g/mol. The summed E-state index contributed by atoms with van der Waals surface area (Å²) in [5.74, 6) is 0.239. The first-order valence-corrected chi connectivity index (χ1v) is 7.66. The number of carbonyl (C=O) groups excluding carboxylic acids is 1. The summed E-state index contributed by atoms with van der Waals surface area (Å²) in [6.07, 6.45) is 2.93. The maximum absolute atomic E-state index is 12.9. The van der Waals surface area contributed by atoms with Crippen LogP contribution < -0.4 is 5.73 Å². The van der Waals surface area contributed by atoms with Gasteiger partial charge in [-0.25, -0.2) is 0 Å². The van der Waals surface area contributed by atoms with Gasteiger partial charge in [-0.2, -0.15) is 0 Å². The topological polar surface area (TPSA) is 46.3 Å². The molecule has 0 radical (unpaired) electrons. The van der Waals surface area contributed by atoms with Crippen LogP contribution in [0.5, 0.6) is 0 Å². The van der Waals surface area contributed by atoms with Crippen LogP contribution >= 0.6 is 0 Å². The van der Waals surface area contributed by atoms with Gasteiger partial charge in [0.2, 0.25) is 5.91 Å². The highest BCUT2D eigenvalue weighted by atomic mass is 16.2. The number of nitrogens with two attached hydrogens (primary N) is 1. The lowest BCUT2D eigenvalue weighted by molar-refractivity contribution is -0.149. The van der Waals surface area contributed by atoms with E-state index in [9.17, 15) is 4.79 Å². The third-order valence-electron chi connectivity index (χ3n) is 4.72. The van der Waals surface area contributed by atoms with E-state index in [1.807, 2.05) is 30.9 Å². The van der Waals surface area contributed by atoms with Gasteiger partial charge in [-0.3, -0.25) is 4.79 Å². The van der Waals surface area contributed by atoms with E-state index in [-0.39, 0.29) is 17.4 Å². The first kappa shape index (κ1) is 15.0. The van der Waals surface area contributed by atoms with E-state index < -0.39 is 0 Å². The Labute approximate surface area is 122 Å². The van der Waals surface area contributed by atoms with Crippen molar-refractivity contribution < 1.29 is 4.79 Å². The van der Waals surface area contributed by atoms with Crippen molar-refractivity contribution in [3.63, 3.8) is 0 Å². The third kappa shape index (κ3) is 2.47. The van der Waals surface area contributed by atoms with Gasteiger partial charge in [-0.05, 0) is 39.2 Å². The van der Waals surface area contributed by atoms with Crippen molar-refractivity contribution in [3.8, 4) is 0 Å². The molecule has 110 valence electrons. The standard InChI is InChI=1S/C17H26N2O/c1-4-19(5-2)16(20)17(10-7-11-17)15(18)14-9-6-8-13(3)12-14/h6,8-9,12,15H,4-5,7,10-11,18H2,1-3H3. The van der Waals surface area contributed by atoms with Crippen LogP contribution in [0, 0.1) is 12.3 Å². The van der Waals surface area contributed by atoms with Crippen molar-refractivity contribution in [2.45, 2.75) is 46.1 Å². The second-order valence-corrected chi connectivity index (χ2v) is 5.88. The lowest BCUT2D eigenvalue weighted by Crippen LogP contribution is -2.53. The Bertz CT molecular complexity index is 476. The summed E-state index contributed by atoms with van der Waals surface area (Å²) >= 11 is 0. The maximum Gasteiger partial charge on any atom is 0.230 e. The van der Waals surface area contributed by atoms with E-state index in [0.717, 1.165) is 37.9 Å². The van der Waals surface area contributed by atoms with Crippen LogP contribution in [0.25, 0.3) is 0 Å². The molecule has 0 spiro atoms. The summed E-state index contributed by atoms with van der Waals surface area (Å²) in [5.41, 5.74) is 8.41. The average molecular weight is 274 g/mol. The van der Waals surface area contributed by atoms with E-state index in [1.165, 1.54) is 5.56 Å². The smallest absolute Gasteiger partial charge is 0.230 e. The molecule has 1 aliphatic carbocycles. The fraction of sp³-hybridized carbons (Fsp3) is 0.588. The van der Waals surface area contributed by atoms with Crippen molar-refractivity contribution in [2.24, 2.45) is 11.1 Å². The predicted octanol–water partition coefficient (Wildman–Crippen LogP) is 3.03. The number of rotatable bonds is 5. The van der Waals surface area contributed by atoms with Crippen LogP contribution in [-0.2, 0) is 4.79 Å². The Morgan fingerprint density at radius 3 is 2.45 bits per heavy atom. The maximum atomic E-state index is 12.9. The van der Waals surface area contributed by atoms with Gasteiger partial charge in [-0.1, -0.05) is 36.2 Å². The molecular weight excluding hydrogens is 248 g/mol. The number of aryl methyl sites for hydroxylation is 1. The van der Waals surface area contributed by atoms with Gasteiger partial charge >= 0.3 is 0 Å². The summed E-state index contributed by atoms with van der Waals surface area (Å²) < 4.78 is 0. The molecule has 1 fully saturated rings. The molecular formula is C17H26N2O. The van der Waals surface area contributed by atoms with Crippen LogP contribution in [0.15, 0.2) is 24.3 Å². The molecule has 1 saturated carbocycles. The zero-order valence-corrected chi connectivity index (χ0v) is 12.9. The second kappa shape index (κ2) is 5.96. The lowest BCUT2D eigenvalue weighted by atomic mass is 9.61. The number of nitrogens with zero attached hydrogens (tertiary/aromatic N) is 1. The Morgan fingerprint density at radius 1 is 1.35 bits per heavy atom. The molecule has 0 saturated heterocycles. The predicted molar refractivity (Wildman–Crippen MR) is 82.3 cm³/mol. The second-order valence-electron chi connectivity index (χ2n) is 5.88. The van der Waals surface area contributed by atoms with E-state index in [0.29, 0.717) is 0 Å². The van der Waals surface area contributed by atoms with E-state index in [4.69, 9.17) is 5.73 Å². The molecule has 1 aliphatic rings. The van der Waals surface area contributed by atoms with Gasteiger partial charge in [0, 0.05) is 19.1 Å². The number of benzene rings is 1. The van der Waals surface area contributed by atoms with Gasteiger partial charge in [0.1, 0.15) is 0 Å². The zero-order valence-electron chi connectivity index (χ0n) is 12.9. The number of hydrogen-bond donors (Lipinski definition) is 1.